The standard InChI is InChI=1S/C21H12O8/c1-24-8-5-6-10-13-11(8)15(23)17-19(26-17)21(13)27-9-4-2-3-7-12(9)20(28-10,29-21)18-16(25-18)14(7)22/h2-6,16-19H,1H3/t16-,17-,18-,19-,20-,21-/m1/s1. The number of carbonyl (C=O) groups is 2. The molecule has 4 heterocycles. The molecule has 2 spiro atoms. The molecule has 2 aromatic rings. The molecular weight excluding hydrogens is 380 g/mol. The summed E-state index contributed by atoms with van der Waals surface area (Å²) in [7, 11) is 1.50. The average molecular weight is 392 g/mol. The maximum atomic E-state index is 13.0. The predicted molar refractivity (Wildman–Crippen MR) is 91.1 cm³/mol. The number of rotatable bonds is 1. The third kappa shape index (κ3) is 1.39. The SMILES string of the molecule is COc1ccc2c3c1C(=O)[C@H]1O[C@H]1[C@@]31Oc3cccc4c3[C@@](O2)(O1)[C@@H]1O[C@@H]1C4=O. The molecule has 4 aliphatic heterocycles. The number of hydrogen-bond acceptors (Lipinski definition) is 8. The van der Waals surface area contributed by atoms with Crippen LogP contribution >= 0.6 is 0 Å². The zero-order valence-electron chi connectivity index (χ0n) is 15.0. The fourth-order valence-electron chi connectivity index (χ4n) is 5.40. The smallest absolute Gasteiger partial charge is 0.274 e. The largest absolute Gasteiger partial charge is 0.496 e. The Morgan fingerprint density at radius 1 is 0.862 bits per heavy atom. The molecule has 2 aromatic carbocycles. The fourth-order valence-corrected chi connectivity index (χ4v) is 5.40. The van der Waals surface area contributed by atoms with E-state index in [9.17, 15) is 9.59 Å². The second kappa shape index (κ2) is 4.16. The first kappa shape index (κ1) is 15.0. The van der Waals surface area contributed by atoms with Gasteiger partial charge in [-0.2, -0.15) is 0 Å². The average Bonchev–Trinajstić information content (AvgIpc) is 3.62. The van der Waals surface area contributed by atoms with Crippen LogP contribution in [0.5, 0.6) is 17.2 Å². The molecule has 2 saturated heterocycles. The Morgan fingerprint density at radius 3 is 2.31 bits per heavy atom. The van der Waals surface area contributed by atoms with Gasteiger partial charge in [-0.15, -0.1) is 0 Å². The number of Topliss-reactive ketones (excluding diaryl/α,β-unsaturated/α-hetero) is 2. The van der Waals surface area contributed by atoms with Crippen molar-refractivity contribution in [3.05, 3.63) is 52.6 Å². The summed E-state index contributed by atoms with van der Waals surface area (Å²) in [5, 5.41) is 0. The molecule has 144 valence electrons. The predicted octanol–water partition coefficient (Wildman–Crippen LogP) is 1.43. The first-order valence-corrected chi connectivity index (χ1v) is 9.41. The highest BCUT2D eigenvalue weighted by atomic mass is 16.8. The van der Waals surface area contributed by atoms with E-state index in [1.54, 1.807) is 30.3 Å². The van der Waals surface area contributed by atoms with E-state index < -0.39 is 36.0 Å². The van der Waals surface area contributed by atoms with Crippen LogP contribution in [0, 0.1) is 0 Å². The van der Waals surface area contributed by atoms with E-state index >= 15 is 0 Å². The second-order valence-electron chi connectivity index (χ2n) is 8.02. The zero-order valence-corrected chi connectivity index (χ0v) is 15.0. The molecule has 2 aliphatic carbocycles. The Bertz CT molecular complexity index is 1220. The van der Waals surface area contributed by atoms with Gasteiger partial charge in [0, 0.05) is 5.56 Å². The number of methoxy groups -OCH3 is 1. The minimum absolute atomic E-state index is 0.107. The van der Waals surface area contributed by atoms with Gasteiger partial charge in [0.15, 0.2) is 36.0 Å². The van der Waals surface area contributed by atoms with Crippen LogP contribution in [0.25, 0.3) is 0 Å². The van der Waals surface area contributed by atoms with Crippen LogP contribution in [0.2, 0.25) is 0 Å². The van der Waals surface area contributed by atoms with Gasteiger partial charge in [0.05, 0.1) is 23.8 Å². The summed E-state index contributed by atoms with van der Waals surface area (Å²) in [6.45, 7) is 0. The van der Waals surface area contributed by atoms with Crippen LogP contribution in [0.4, 0.5) is 0 Å². The Morgan fingerprint density at radius 2 is 1.55 bits per heavy atom. The van der Waals surface area contributed by atoms with Crippen LogP contribution in [0.1, 0.15) is 31.8 Å². The molecule has 6 aliphatic rings. The molecule has 6 atom stereocenters. The molecule has 0 N–H and O–H groups in total. The Kier molecular flexibility index (Phi) is 2.15. The first-order valence-electron chi connectivity index (χ1n) is 9.41. The van der Waals surface area contributed by atoms with Crippen molar-refractivity contribution in [3.63, 3.8) is 0 Å². The maximum Gasteiger partial charge on any atom is 0.274 e. The van der Waals surface area contributed by atoms with Gasteiger partial charge in [0.25, 0.3) is 11.6 Å². The highest BCUT2D eigenvalue weighted by Gasteiger charge is 2.79. The molecule has 2 bridgehead atoms. The lowest BCUT2D eigenvalue weighted by Crippen LogP contribution is -2.63. The molecular formula is C21H12O8. The van der Waals surface area contributed by atoms with E-state index in [1.165, 1.54) is 7.11 Å². The normalized spacial score (nSPS) is 40.4. The molecule has 0 radical (unpaired) electrons. The van der Waals surface area contributed by atoms with Crippen molar-refractivity contribution in [3.8, 4) is 17.2 Å². The molecule has 0 aromatic heterocycles. The summed E-state index contributed by atoms with van der Waals surface area (Å²) < 4.78 is 36.3. The highest BCUT2D eigenvalue weighted by molar-refractivity contribution is 6.08. The third-order valence-corrected chi connectivity index (χ3v) is 6.66. The van der Waals surface area contributed by atoms with E-state index in [0.717, 1.165) is 0 Å². The topological polar surface area (TPSA) is 96.1 Å². The Hall–Kier alpha value is -2.94. The van der Waals surface area contributed by atoms with Crippen molar-refractivity contribution in [2.75, 3.05) is 7.11 Å². The van der Waals surface area contributed by atoms with Crippen molar-refractivity contribution in [1.82, 2.24) is 0 Å². The summed E-state index contributed by atoms with van der Waals surface area (Å²) in [6, 6.07) is 8.68. The van der Waals surface area contributed by atoms with Crippen LogP contribution in [0.15, 0.2) is 30.3 Å². The summed E-state index contributed by atoms with van der Waals surface area (Å²) in [5.41, 5.74) is 1.81. The van der Waals surface area contributed by atoms with Crippen LogP contribution in [-0.2, 0) is 25.8 Å². The van der Waals surface area contributed by atoms with Gasteiger partial charge in [0.1, 0.15) is 17.2 Å². The molecule has 0 unspecified atom stereocenters. The van der Waals surface area contributed by atoms with Gasteiger partial charge >= 0.3 is 0 Å². The number of carbonyl (C=O) groups excluding carboxylic acids is 2. The second-order valence-corrected chi connectivity index (χ2v) is 8.02. The lowest BCUT2D eigenvalue weighted by Gasteiger charge is -2.53. The summed E-state index contributed by atoms with van der Waals surface area (Å²) >= 11 is 0. The van der Waals surface area contributed by atoms with Gasteiger partial charge in [-0.3, -0.25) is 14.3 Å². The number of ketones is 2. The first-order chi connectivity index (χ1) is 14.1. The van der Waals surface area contributed by atoms with Crippen molar-refractivity contribution in [1.29, 1.82) is 0 Å². The van der Waals surface area contributed by atoms with Crippen LogP contribution in [0.3, 0.4) is 0 Å². The molecule has 8 heteroatoms. The molecule has 0 amide bonds. The molecule has 8 rings (SSSR count). The van der Waals surface area contributed by atoms with E-state index in [2.05, 4.69) is 0 Å². The molecule has 2 fully saturated rings. The van der Waals surface area contributed by atoms with Crippen LogP contribution < -0.4 is 14.2 Å². The fraction of sp³-hybridized carbons (Fsp3) is 0.333. The zero-order chi connectivity index (χ0) is 19.3. The van der Waals surface area contributed by atoms with E-state index in [0.29, 0.717) is 39.5 Å². The van der Waals surface area contributed by atoms with Crippen molar-refractivity contribution < 1.29 is 38.0 Å². The number of epoxide rings is 2. The van der Waals surface area contributed by atoms with E-state index in [1.807, 2.05) is 0 Å². The summed E-state index contributed by atoms with van der Waals surface area (Å²) in [5.74, 6) is -1.67. The highest BCUT2D eigenvalue weighted by Crippen LogP contribution is 2.67. The van der Waals surface area contributed by atoms with Gasteiger partial charge < -0.3 is 23.7 Å². The van der Waals surface area contributed by atoms with Gasteiger partial charge in [-0.1, -0.05) is 12.1 Å². The summed E-state index contributed by atoms with van der Waals surface area (Å²) in [4.78, 5) is 25.7. The van der Waals surface area contributed by atoms with E-state index in [4.69, 9.17) is 28.4 Å². The summed E-state index contributed by atoms with van der Waals surface area (Å²) in [6.07, 6.45) is -2.49. The van der Waals surface area contributed by atoms with E-state index in [-0.39, 0.29) is 11.6 Å². The maximum absolute atomic E-state index is 13.0. The Labute approximate surface area is 163 Å². The monoisotopic (exact) mass is 392 g/mol. The Balaban J connectivity index is 1.49. The minimum atomic E-state index is -1.38. The molecule has 29 heavy (non-hydrogen) atoms. The number of fused-ring (bicyclic) bond motifs is 2. The minimum Gasteiger partial charge on any atom is -0.496 e. The van der Waals surface area contributed by atoms with Gasteiger partial charge in [0.2, 0.25) is 0 Å². The number of ether oxygens (including phenoxy) is 6. The van der Waals surface area contributed by atoms with Crippen molar-refractivity contribution in [2.45, 2.75) is 36.0 Å². The van der Waals surface area contributed by atoms with Crippen molar-refractivity contribution >= 4 is 11.6 Å². The quantitative estimate of drug-likeness (QED) is 0.673. The van der Waals surface area contributed by atoms with Gasteiger partial charge in [-0.05, 0) is 18.2 Å². The molecule has 8 nitrogen and oxygen atoms in total. The van der Waals surface area contributed by atoms with Gasteiger partial charge in [-0.25, -0.2) is 0 Å². The number of benzene rings is 2. The third-order valence-electron chi connectivity index (χ3n) is 6.66. The van der Waals surface area contributed by atoms with Crippen LogP contribution in [-0.4, -0.2) is 43.1 Å². The molecule has 0 saturated carbocycles. The lowest BCUT2D eigenvalue weighted by atomic mass is 9.78. The van der Waals surface area contributed by atoms with Crippen molar-refractivity contribution in [2.24, 2.45) is 0 Å². The lowest BCUT2D eigenvalue weighted by molar-refractivity contribution is -0.369. The number of hydrogen-bond donors (Lipinski definition) is 0.